The van der Waals surface area contributed by atoms with Crippen molar-refractivity contribution in [1.82, 2.24) is 0 Å². The van der Waals surface area contributed by atoms with Gasteiger partial charge in [0.05, 0.1) is 10.2 Å². The average Bonchev–Trinajstić information content (AvgIpc) is 2.36. The number of hydrogen-bond donors (Lipinski definition) is 2. The van der Waals surface area contributed by atoms with Gasteiger partial charge in [-0.1, -0.05) is 24.4 Å². The summed E-state index contributed by atoms with van der Waals surface area (Å²) in [5.41, 5.74) is 8.89. The van der Waals surface area contributed by atoms with Crippen LogP contribution in [-0.2, 0) is 0 Å². The van der Waals surface area contributed by atoms with Gasteiger partial charge < -0.3 is 11.1 Å². The van der Waals surface area contributed by atoms with Crippen LogP contribution in [0.2, 0.25) is 0 Å². The van der Waals surface area contributed by atoms with Gasteiger partial charge >= 0.3 is 0 Å². The number of nitrogens with two attached hydrogens (primary N) is 1. The number of hydrogen-bond acceptors (Lipinski definition) is 2. The van der Waals surface area contributed by atoms with Gasteiger partial charge in [-0.05, 0) is 52.7 Å². The molecule has 0 fully saturated rings. The van der Waals surface area contributed by atoms with E-state index in [1.54, 1.807) is 12.1 Å². The molecular weight excluding hydrogens is 327 g/mol. The molecule has 0 aliphatic carbocycles. The highest BCUT2D eigenvalue weighted by Gasteiger charge is 2.09. The standard InChI is InChI=1S/C14H12BrFN2S/c1-8-3-2-4-10(14(17)19)13(8)18-9-5-6-11(15)12(16)7-9/h2-7,18H,1H3,(H2,17,19). The Kier molecular flexibility index (Phi) is 4.17. The minimum absolute atomic E-state index is 0.309. The highest BCUT2D eigenvalue weighted by Crippen LogP contribution is 2.27. The summed E-state index contributed by atoms with van der Waals surface area (Å²) >= 11 is 8.15. The molecule has 0 unspecified atom stereocenters. The van der Waals surface area contributed by atoms with Crippen LogP contribution < -0.4 is 11.1 Å². The molecule has 0 atom stereocenters. The van der Waals surface area contributed by atoms with Gasteiger partial charge in [0, 0.05) is 11.3 Å². The first-order valence-electron chi connectivity index (χ1n) is 5.60. The molecule has 2 rings (SSSR count). The number of anilines is 2. The fraction of sp³-hybridized carbons (Fsp3) is 0.0714. The number of halogens is 2. The van der Waals surface area contributed by atoms with E-state index in [0.717, 1.165) is 16.8 Å². The fourth-order valence-corrected chi connectivity index (χ4v) is 2.17. The Bertz CT molecular complexity index is 643. The van der Waals surface area contributed by atoms with Gasteiger partial charge in [-0.25, -0.2) is 4.39 Å². The van der Waals surface area contributed by atoms with Crippen LogP contribution in [0.3, 0.4) is 0 Å². The van der Waals surface area contributed by atoms with E-state index in [0.29, 0.717) is 15.1 Å². The number of benzene rings is 2. The zero-order valence-corrected chi connectivity index (χ0v) is 12.6. The first kappa shape index (κ1) is 14.0. The first-order chi connectivity index (χ1) is 8.99. The molecule has 19 heavy (non-hydrogen) atoms. The van der Waals surface area contributed by atoms with Crippen molar-refractivity contribution >= 4 is 44.5 Å². The van der Waals surface area contributed by atoms with E-state index in [1.165, 1.54) is 6.07 Å². The van der Waals surface area contributed by atoms with Gasteiger partial charge in [0.15, 0.2) is 0 Å². The summed E-state index contributed by atoms with van der Waals surface area (Å²) in [5.74, 6) is -0.324. The molecule has 5 heteroatoms. The second-order valence-electron chi connectivity index (χ2n) is 4.12. The van der Waals surface area contributed by atoms with Gasteiger partial charge in [-0.15, -0.1) is 0 Å². The molecular formula is C14H12BrFN2S. The Balaban J connectivity index is 2.42. The molecule has 2 nitrogen and oxygen atoms in total. The van der Waals surface area contributed by atoms with E-state index in [9.17, 15) is 4.39 Å². The minimum atomic E-state index is -0.324. The molecule has 2 aromatic rings. The zero-order valence-electron chi connectivity index (χ0n) is 10.2. The van der Waals surface area contributed by atoms with Gasteiger partial charge in [-0.3, -0.25) is 0 Å². The third-order valence-corrected chi connectivity index (χ3v) is 3.59. The average molecular weight is 339 g/mol. The minimum Gasteiger partial charge on any atom is -0.389 e. The lowest BCUT2D eigenvalue weighted by Crippen LogP contribution is -2.12. The van der Waals surface area contributed by atoms with E-state index in [4.69, 9.17) is 18.0 Å². The van der Waals surface area contributed by atoms with Crippen molar-refractivity contribution in [2.75, 3.05) is 5.32 Å². The smallest absolute Gasteiger partial charge is 0.139 e. The Morgan fingerprint density at radius 1 is 1.32 bits per heavy atom. The Morgan fingerprint density at radius 2 is 2.05 bits per heavy atom. The highest BCUT2D eigenvalue weighted by molar-refractivity contribution is 9.10. The quantitative estimate of drug-likeness (QED) is 0.820. The Morgan fingerprint density at radius 3 is 2.68 bits per heavy atom. The third kappa shape index (κ3) is 3.11. The maximum absolute atomic E-state index is 13.5. The fourth-order valence-electron chi connectivity index (χ4n) is 1.76. The van der Waals surface area contributed by atoms with E-state index >= 15 is 0 Å². The van der Waals surface area contributed by atoms with Crippen LogP contribution in [0.15, 0.2) is 40.9 Å². The Labute approximate surface area is 124 Å². The van der Waals surface area contributed by atoms with Crippen molar-refractivity contribution in [2.24, 2.45) is 5.73 Å². The van der Waals surface area contributed by atoms with Crippen LogP contribution in [0.4, 0.5) is 15.8 Å². The molecule has 0 spiro atoms. The SMILES string of the molecule is Cc1cccc(C(N)=S)c1Nc1ccc(Br)c(F)c1. The number of rotatable bonds is 3. The van der Waals surface area contributed by atoms with Crippen molar-refractivity contribution in [3.05, 3.63) is 57.8 Å². The van der Waals surface area contributed by atoms with Gasteiger partial charge in [0.1, 0.15) is 10.8 Å². The number of aryl methyl sites for hydroxylation is 1. The van der Waals surface area contributed by atoms with Gasteiger partial charge in [0.2, 0.25) is 0 Å². The lowest BCUT2D eigenvalue weighted by Gasteiger charge is -2.14. The molecule has 2 aromatic carbocycles. The van der Waals surface area contributed by atoms with Crippen molar-refractivity contribution in [3.8, 4) is 0 Å². The normalized spacial score (nSPS) is 10.3. The van der Waals surface area contributed by atoms with Crippen LogP contribution in [-0.4, -0.2) is 4.99 Å². The summed E-state index contributed by atoms with van der Waals surface area (Å²) in [6.45, 7) is 1.94. The maximum Gasteiger partial charge on any atom is 0.139 e. The topological polar surface area (TPSA) is 38.0 Å². The zero-order chi connectivity index (χ0) is 14.0. The van der Waals surface area contributed by atoms with E-state index in [1.807, 2.05) is 25.1 Å². The molecule has 98 valence electrons. The maximum atomic E-state index is 13.5. The van der Waals surface area contributed by atoms with Crippen molar-refractivity contribution in [1.29, 1.82) is 0 Å². The lowest BCUT2D eigenvalue weighted by atomic mass is 10.1. The van der Waals surface area contributed by atoms with Gasteiger partial charge in [0.25, 0.3) is 0 Å². The van der Waals surface area contributed by atoms with Crippen molar-refractivity contribution in [2.45, 2.75) is 6.92 Å². The van der Waals surface area contributed by atoms with Crippen LogP contribution >= 0.6 is 28.1 Å². The molecule has 0 heterocycles. The van der Waals surface area contributed by atoms with E-state index in [2.05, 4.69) is 21.2 Å². The third-order valence-electron chi connectivity index (χ3n) is 2.73. The number of nitrogens with one attached hydrogen (secondary N) is 1. The lowest BCUT2D eigenvalue weighted by molar-refractivity contribution is 0.622. The first-order valence-corrected chi connectivity index (χ1v) is 6.80. The molecule has 0 aliphatic rings. The van der Waals surface area contributed by atoms with Crippen LogP contribution in [0.25, 0.3) is 0 Å². The van der Waals surface area contributed by atoms with Crippen molar-refractivity contribution in [3.63, 3.8) is 0 Å². The number of para-hydroxylation sites is 1. The monoisotopic (exact) mass is 338 g/mol. The molecule has 0 aromatic heterocycles. The Hall–Kier alpha value is -1.46. The molecule has 0 saturated carbocycles. The van der Waals surface area contributed by atoms with Crippen LogP contribution in [0.1, 0.15) is 11.1 Å². The highest BCUT2D eigenvalue weighted by atomic mass is 79.9. The molecule has 0 aliphatic heterocycles. The van der Waals surface area contributed by atoms with Crippen LogP contribution in [0.5, 0.6) is 0 Å². The molecule has 0 bridgehead atoms. The predicted molar refractivity (Wildman–Crippen MR) is 84.4 cm³/mol. The largest absolute Gasteiger partial charge is 0.389 e. The summed E-state index contributed by atoms with van der Waals surface area (Å²) in [6.07, 6.45) is 0. The molecule has 3 N–H and O–H groups in total. The predicted octanol–water partition coefficient (Wildman–Crippen LogP) is 4.27. The summed E-state index contributed by atoms with van der Waals surface area (Å²) in [5, 5.41) is 3.16. The summed E-state index contributed by atoms with van der Waals surface area (Å²) in [6, 6.07) is 10.5. The van der Waals surface area contributed by atoms with Crippen LogP contribution in [0, 0.1) is 12.7 Å². The number of thiocarbonyl (C=S) groups is 1. The molecule has 0 amide bonds. The summed E-state index contributed by atoms with van der Waals surface area (Å²) < 4.78 is 13.9. The molecule has 0 radical (unpaired) electrons. The molecule has 0 saturated heterocycles. The second kappa shape index (κ2) is 5.67. The van der Waals surface area contributed by atoms with Crippen molar-refractivity contribution < 1.29 is 4.39 Å². The van der Waals surface area contributed by atoms with Gasteiger partial charge in [-0.2, -0.15) is 0 Å². The second-order valence-corrected chi connectivity index (χ2v) is 5.41. The van der Waals surface area contributed by atoms with E-state index < -0.39 is 0 Å². The summed E-state index contributed by atoms with van der Waals surface area (Å²) in [7, 11) is 0. The van der Waals surface area contributed by atoms with E-state index in [-0.39, 0.29) is 5.82 Å². The summed E-state index contributed by atoms with van der Waals surface area (Å²) in [4.78, 5) is 0.309.